The molecule has 1 aromatic heterocycles. The number of aryl methyl sites for hydroxylation is 1. The van der Waals surface area contributed by atoms with Crippen LogP contribution in [-0.2, 0) is 18.5 Å². The Hall–Kier alpha value is -3.48. The molecule has 176 valence electrons. The summed E-state index contributed by atoms with van der Waals surface area (Å²) < 4.78 is 0. The molecule has 2 amide bonds. The first kappa shape index (κ1) is 25.1. The van der Waals surface area contributed by atoms with Crippen molar-refractivity contribution in [3.63, 3.8) is 0 Å². The highest BCUT2D eigenvalue weighted by Gasteiger charge is 2.33. The van der Waals surface area contributed by atoms with E-state index in [0.29, 0.717) is 17.4 Å². The lowest BCUT2D eigenvalue weighted by atomic mass is 9.79. The molecule has 7 heteroatoms. The van der Waals surface area contributed by atoms with Gasteiger partial charge in [0.05, 0.1) is 5.54 Å². The minimum absolute atomic E-state index is 0.332. The SMILES string of the molecule is C=CNC(=O)NC(C)(C(=C)c1cc(CC)ccc1CNC)c1ccc(-c2nccnc2Cl)cc1. The molecular formula is C27H30ClN5O. The van der Waals surface area contributed by atoms with Crippen LogP contribution in [0.5, 0.6) is 0 Å². The molecule has 1 unspecified atom stereocenters. The zero-order valence-electron chi connectivity index (χ0n) is 19.8. The first-order valence-corrected chi connectivity index (χ1v) is 11.4. The van der Waals surface area contributed by atoms with Gasteiger partial charge in [-0.05, 0) is 54.4 Å². The molecule has 0 aliphatic rings. The summed E-state index contributed by atoms with van der Waals surface area (Å²) in [6.45, 7) is 12.8. The maximum atomic E-state index is 12.7. The van der Waals surface area contributed by atoms with Crippen LogP contribution < -0.4 is 16.0 Å². The van der Waals surface area contributed by atoms with Crippen molar-refractivity contribution in [3.05, 3.63) is 102 Å². The van der Waals surface area contributed by atoms with Gasteiger partial charge in [0, 0.05) is 24.5 Å². The molecule has 6 nitrogen and oxygen atoms in total. The second-order valence-corrected chi connectivity index (χ2v) is 8.41. The van der Waals surface area contributed by atoms with E-state index in [-0.39, 0.29) is 6.03 Å². The van der Waals surface area contributed by atoms with Crippen LogP contribution in [0, 0.1) is 0 Å². The molecular weight excluding hydrogens is 446 g/mol. The van der Waals surface area contributed by atoms with Gasteiger partial charge in [0.2, 0.25) is 0 Å². The fraction of sp³-hybridized carbons (Fsp3) is 0.222. The van der Waals surface area contributed by atoms with Crippen LogP contribution in [0.15, 0.2) is 74.2 Å². The van der Waals surface area contributed by atoms with Crippen molar-refractivity contribution in [2.45, 2.75) is 32.4 Å². The summed E-state index contributed by atoms with van der Waals surface area (Å²) in [4.78, 5) is 21.1. The molecule has 3 rings (SSSR count). The van der Waals surface area contributed by atoms with E-state index >= 15 is 0 Å². The Kier molecular flexibility index (Phi) is 8.21. The van der Waals surface area contributed by atoms with Crippen LogP contribution in [0.3, 0.4) is 0 Å². The number of hydrogen-bond acceptors (Lipinski definition) is 4. The third kappa shape index (κ3) is 5.35. The molecule has 0 bridgehead atoms. The molecule has 2 aromatic carbocycles. The second-order valence-electron chi connectivity index (χ2n) is 8.05. The molecule has 3 aromatic rings. The van der Waals surface area contributed by atoms with Crippen molar-refractivity contribution >= 4 is 23.2 Å². The molecule has 34 heavy (non-hydrogen) atoms. The lowest BCUT2D eigenvalue weighted by Gasteiger charge is -2.35. The summed E-state index contributed by atoms with van der Waals surface area (Å²) >= 11 is 6.23. The van der Waals surface area contributed by atoms with Crippen LogP contribution in [0.25, 0.3) is 16.8 Å². The first-order valence-electron chi connectivity index (χ1n) is 11.1. The Bertz CT molecular complexity index is 1190. The Balaban J connectivity index is 2.10. The van der Waals surface area contributed by atoms with E-state index in [1.807, 2.05) is 38.2 Å². The number of nitrogens with zero attached hydrogens (tertiary/aromatic N) is 2. The number of carbonyl (C=O) groups excluding carboxylic acids is 1. The van der Waals surface area contributed by atoms with E-state index in [9.17, 15) is 4.79 Å². The minimum Gasteiger partial charge on any atom is -0.325 e. The molecule has 0 aliphatic carbocycles. The van der Waals surface area contributed by atoms with Crippen LogP contribution in [0.1, 0.15) is 36.1 Å². The summed E-state index contributed by atoms with van der Waals surface area (Å²) in [5, 5.41) is 9.25. The molecule has 0 aliphatic heterocycles. The van der Waals surface area contributed by atoms with E-state index in [2.05, 4.69) is 64.2 Å². The van der Waals surface area contributed by atoms with Crippen LogP contribution in [-0.4, -0.2) is 23.0 Å². The number of benzene rings is 2. The number of amides is 2. The topological polar surface area (TPSA) is 78.9 Å². The van der Waals surface area contributed by atoms with E-state index in [1.54, 1.807) is 12.4 Å². The standard InChI is InChI=1S/C27H30ClN5O/c1-6-19-8-9-21(17-29-5)23(16-19)18(3)27(4,33-26(34)30-7-2)22-12-10-20(11-13-22)24-25(28)32-15-14-31-24/h7-16,29H,2-3,6,17H2,1,4-5H3,(H2,30,33,34). The maximum Gasteiger partial charge on any atom is 0.319 e. The number of hydrogen-bond donors (Lipinski definition) is 3. The third-order valence-electron chi connectivity index (χ3n) is 5.86. The van der Waals surface area contributed by atoms with Crippen molar-refractivity contribution in [1.29, 1.82) is 0 Å². The normalized spacial score (nSPS) is 12.5. The van der Waals surface area contributed by atoms with Crippen molar-refractivity contribution in [2.24, 2.45) is 0 Å². The minimum atomic E-state index is -0.910. The van der Waals surface area contributed by atoms with Crippen LogP contribution in [0.2, 0.25) is 5.15 Å². The van der Waals surface area contributed by atoms with Gasteiger partial charge in [0.15, 0.2) is 5.15 Å². The molecule has 3 N–H and O–H groups in total. The zero-order chi connectivity index (χ0) is 24.7. The smallest absolute Gasteiger partial charge is 0.319 e. The largest absolute Gasteiger partial charge is 0.325 e. The van der Waals surface area contributed by atoms with Gasteiger partial charge in [0.25, 0.3) is 0 Å². The Morgan fingerprint density at radius 3 is 2.47 bits per heavy atom. The fourth-order valence-electron chi connectivity index (χ4n) is 3.89. The average molecular weight is 476 g/mol. The van der Waals surface area contributed by atoms with Gasteiger partial charge in [-0.1, -0.05) is 74.1 Å². The maximum absolute atomic E-state index is 12.7. The summed E-state index contributed by atoms with van der Waals surface area (Å²) in [6, 6.07) is 13.7. The van der Waals surface area contributed by atoms with Crippen LogP contribution >= 0.6 is 11.6 Å². The predicted octanol–water partition coefficient (Wildman–Crippen LogP) is 5.45. The Morgan fingerprint density at radius 1 is 1.15 bits per heavy atom. The lowest BCUT2D eigenvalue weighted by molar-refractivity contribution is 0.237. The number of carbonyl (C=O) groups is 1. The van der Waals surface area contributed by atoms with Crippen molar-refractivity contribution in [3.8, 4) is 11.3 Å². The number of nitrogens with one attached hydrogen (secondary N) is 3. The highest BCUT2D eigenvalue weighted by atomic mass is 35.5. The van der Waals surface area contributed by atoms with E-state index < -0.39 is 5.54 Å². The molecule has 0 radical (unpaired) electrons. The molecule has 0 fully saturated rings. The third-order valence-corrected chi connectivity index (χ3v) is 6.14. The number of halogens is 1. The van der Waals surface area contributed by atoms with Crippen molar-refractivity contribution < 1.29 is 4.79 Å². The summed E-state index contributed by atoms with van der Waals surface area (Å²) in [5.74, 6) is 0. The average Bonchev–Trinajstić information content (AvgIpc) is 2.84. The summed E-state index contributed by atoms with van der Waals surface area (Å²) in [6.07, 6.45) is 5.40. The summed E-state index contributed by atoms with van der Waals surface area (Å²) in [7, 11) is 1.91. The van der Waals surface area contributed by atoms with Gasteiger partial charge in [-0.15, -0.1) is 0 Å². The molecule has 0 saturated carbocycles. The Morgan fingerprint density at radius 2 is 1.85 bits per heavy atom. The van der Waals surface area contributed by atoms with Gasteiger partial charge < -0.3 is 16.0 Å². The zero-order valence-corrected chi connectivity index (χ0v) is 20.5. The van der Waals surface area contributed by atoms with Crippen molar-refractivity contribution in [2.75, 3.05) is 7.05 Å². The predicted molar refractivity (Wildman–Crippen MR) is 139 cm³/mol. The lowest BCUT2D eigenvalue weighted by Crippen LogP contribution is -2.47. The van der Waals surface area contributed by atoms with Gasteiger partial charge in [-0.3, -0.25) is 4.98 Å². The second kappa shape index (κ2) is 11.1. The van der Waals surface area contributed by atoms with Crippen LogP contribution in [0.4, 0.5) is 4.79 Å². The highest BCUT2D eigenvalue weighted by Crippen LogP contribution is 2.38. The number of urea groups is 1. The van der Waals surface area contributed by atoms with Gasteiger partial charge >= 0.3 is 6.03 Å². The fourth-order valence-corrected chi connectivity index (χ4v) is 4.11. The van der Waals surface area contributed by atoms with E-state index in [1.165, 1.54) is 11.8 Å². The number of aromatic nitrogens is 2. The first-order chi connectivity index (χ1) is 16.3. The highest BCUT2D eigenvalue weighted by molar-refractivity contribution is 6.31. The molecule has 0 saturated heterocycles. The summed E-state index contributed by atoms with van der Waals surface area (Å²) in [5.41, 5.74) is 5.44. The van der Waals surface area contributed by atoms with Gasteiger partial charge in [0.1, 0.15) is 5.69 Å². The molecule has 1 heterocycles. The monoisotopic (exact) mass is 475 g/mol. The quantitative estimate of drug-likeness (QED) is 0.384. The van der Waals surface area contributed by atoms with Gasteiger partial charge in [-0.25, -0.2) is 9.78 Å². The van der Waals surface area contributed by atoms with E-state index in [0.717, 1.165) is 34.2 Å². The number of rotatable bonds is 9. The molecule has 0 spiro atoms. The Labute approximate surface area is 206 Å². The van der Waals surface area contributed by atoms with Crippen molar-refractivity contribution in [1.82, 2.24) is 25.9 Å². The van der Waals surface area contributed by atoms with Gasteiger partial charge in [-0.2, -0.15) is 0 Å². The van der Waals surface area contributed by atoms with E-state index in [4.69, 9.17) is 11.6 Å². The molecule has 1 atom stereocenters.